The first-order valence-electron chi connectivity index (χ1n) is 10.8. The van der Waals surface area contributed by atoms with Gasteiger partial charge < -0.3 is 5.32 Å². The highest BCUT2D eigenvalue weighted by Crippen LogP contribution is 2.41. The Kier molecular flexibility index (Phi) is 5.61. The number of hydrogen-bond acceptors (Lipinski definition) is 6. The number of rotatable bonds is 6. The van der Waals surface area contributed by atoms with Gasteiger partial charge >= 0.3 is 6.18 Å². The van der Waals surface area contributed by atoms with Crippen molar-refractivity contribution in [3.05, 3.63) is 83.3 Å². The number of benzene rings is 2. The van der Waals surface area contributed by atoms with Crippen LogP contribution in [0.25, 0.3) is 10.9 Å². The van der Waals surface area contributed by atoms with E-state index >= 15 is 0 Å². The Balaban J connectivity index is 1.25. The second-order valence-electron chi connectivity index (χ2n) is 8.23. The highest BCUT2D eigenvalue weighted by Gasteiger charge is 2.30. The van der Waals surface area contributed by atoms with Gasteiger partial charge in [0.15, 0.2) is 0 Å². The fourth-order valence-corrected chi connectivity index (χ4v) is 3.68. The van der Waals surface area contributed by atoms with Crippen LogP contribution < -0.4 is 10.7 Å². The van der Waals surface area contributed by atoms with Crippen LogP contribution in [-0.2, 0) is 6.18 Å². The van der Waals surface area contributed by atoms with E-state index in [4.69, 9.17) is 0 Å². The average Bonchev–Trinajstić information content (AvgIpc) is 3.65. The van der Waals surface area contributed by atoms with Crippen molar-refractivity contribution < 1.29 is 13.2 Å². The number of halogens is 3. The van der Waals surface area contributed by atoms with Gasteiger partial charge in [-0.2, -0.15) is 18.3 Å². The first kappa shape index (κ1) is 21.8. The number of pyridine rings is 1. The molecule has 0 aliphatic heterocycles. The molecule has 1 aliphatic rings. The lowest BCUT2D eigenvalue weighted by Crippen LogP contribution is -2.05. The van der Waals surface area contributed by atoms with Gasteiger partial charge in [-0.25, -0.2) is 15.4 Å². The molecule has 4 aromatic rings. The summed E-state index contributed by atoms with van der Waals surface area (Å²) in [6.07, 6.45) is 1.11. The van der Waals surface area contributed by atoms with Crippen LogP contribution in [-0.4, -0.2) is 21.2 Å². The lowest BCUT2D eigenvalue weighted by Gasteiger charge is -2.10. The largest absolute Gasteiger partial charge is 0.416 e. The molecule has 1 fully saturated rings. The zero-order valence-corrected chi connectivity index (χ0v) is 18.3. The molecule has 1 aliphatic carbocycles. The molecule has 0 radical (unpaired) electrons. The third-order valence-electron chi connectivity index (χ3n) is 5.59. The van der Waals surface area contributed by atoms with E-state index in [1.54, 1.807) is 18.2 Å². The van der Waals surface area contributed by atoms with Gasteiger partial charge in [0, 0.05) is 11.1 Å². The van der Waals surface area contributed by atoms with Gasteiger partial charge in [0.05, 0.1) is 40.6 Å². The maximum absolute atomic E-state index is 12.9. The molecule has 0 bridgehead atoms. The Morgan fingerprint density at radius 1 is 1.00 bits per heavy atom. The lowest BCUT2D eigenvalue weighted by atomic mass is 10.1. The molecule has 0 unspecified atom stereocenters. The molecule has 6 nitrogen and oxygen atoms in total. The van der Waals surface area contributed by atoms with Crippen LogP contribution in [0.3, 0.4) is 0 Å². The maximum Gasteiger partial charge on any atom is 0.416 e. The van der Waals surface area contributed by atoms with Crippen LogP contribution >= 0.6 is 0 Å². The van der Waals surface area contributed by atoms with Crippen molar-refractivity contribution in [2.45, 2.75) is 31.9 Å². The molecular weight excluding hydrogens is 441 g/mol. The number of nitrogens with zero attached hydrogens (tertiary/aromatic N) is 4. The molecule has 9 heteroatoms. The van der Waals surface area contributed by atoms with Gasteiger partial charge in [-0.15, -0.1) is 0 Å². The van der Waals surface area contributed by atoms with Crippen LogP contribution in [0.15, 0.2) is 65.9 Å². The quantitative estimate of drug-likeness (QED) is 0.256. The van der Waals surface area contributed by atoms with Crippen molar-refractivity contribution in [2.75, 3.05) is 10.7 Å². The summed E-state index contributed by atoms with van der Waals surface area (Å²) in [5.74, 6) is 1.04. The van der Waals surface area contributed by atoms with Crippen LogP contribution in [0.2, 0.25) is 0 Å². The summed E-state index contributed by atoms with van der Waals surface area (Å²) in [5.41, 5.74) is 6.65. The Morgan fingerprint density at radius 3 is 2.59 bits per heavy atom. The van der Waals surface area contributed by atoms with Gasteiger partial charge in [0.1, 0.15) is 0 Å². The highest BCUT2D eigenvalue weighted by atomic mass is 19.4. The number of fused-ring (bicyclic) bond motifs is 1. The van der Waals surface area contributed by atoms with E-state index in [0.717, 1.165) is 28.7 Å². The van der Waals surface area contributed by atoms with Gasteiger partial charge in [0.2, 0.25) is 5.95 Å². The zero-order valence-electron chi connectivity index (χ0n) is 18.3. The van der Waals surface area contributed by atoms with Gasteiger partial charge in [-0.3, -0.25) is 4.98 Å². The third-order valence-corrected chi connectivity index (χ3v) is 5.59. The second-order valence-corrected chi connectivity index (χ2v) is 8.23. The fraction of sp³-hybridized carbons (Fsp3) is 0.200. The number of aryl methyl sites for hydroxylation is 1. The van der Waals surface area contributed by atoms with E-state index in [1.807, 2.05) is 6.92 Å². The van der Waals surface area contributed by atoms with E-state index in [2.05, 4.69) is 49.0 Å². The monoisotopic (exact) mass is 462 g/mol. The Hall–Kier alpha value is -4.01. The molecule has 2 aromatic carbocycles. The Morgan fingerprint density at radius 2 is 1.85 bits per heavy atom. The molecule has 2 heterocycles. The van der Waals surface area contributed by atoms with E-state index in [1.165, 1.54) is 36.9 Å². The van der Waals surface area contributed by atoms with Crippen LogP contribution in [0.5, 0.6) is 0 Å². The van der Waals surface area contributed by atoms with Crippen molar-refractivity contribution in [1.82, 2.24) is 15.0 Å². The number of anilines is 3. The van der Waals surface area contributed by atoms with Crippen molar-refractivity contribution >= 4 is 34.4 Å². The second kappa shape index (κ2) is 8.74. The van der Waals surface area contributed by atoms with Crippen LogP contribution in [0.1, 0.15) is 41.3 Å². The van der Waals surface area contributed by atoms with E-state index < -0.39 is 11.7 Å². The molecule has 0 atom stereocenters. The third kappa shape index (κ3) is 4.98. The van der Waals surface area contributed by atoms with E-state index in [0.29, 0.717) is 28.9 Å². The molecule has 0 saturated heterocycles. The summed E-state index contributed by atoms with van der Waals surface area (Å²) >= 11 is 0. The van der Waals surface area contributed by atoms with Gasteiger partial charge in [0.25, 0.3) is 0 Å². The molecule has 172 valence electrons. The van der Waals surface area contributed by atoms with Crippen LogP contribution in [0.4, 0.5) is 30.5 Å². The molecule has 0 amide bonds. The molecule has 5 rings (SSSR count). The maximum atomic E-state index is 12.9. The summed E-state index contributed by atoms with van der Waals surface area (Å²) in [6.45, 7) is 1.94. The first-order valence-corrected chi connectivity index (χ1v) is 10.8. The number of hydrazone groups is 1. The average molecular weight is 462 g/mol. The summed E-state index contributed by atoms with van der Waals surface area (Å²) in [7, 11) is 0. The molecular formula is C25H21F3N6. The molecule has 1 saturated carbocycles. The minimum Gasteiger partial charge on any atom is -0.354 e. The minimum absolute atomic E-state index is 0.327. The number of alkyl halides is 3. The SMILES string of the molecule is Cc1nc(N/N=C/c2ccc(Nc3cccc(C(F)(F)F)c3)cn2)nc2cc(C3CC3)ccc12. The van der Waals surface area contributed by atoms with E-state index in [-0.39, 0.29) is 0 Å². The highest BCUT2D eigenvalue weighted by molar-refractivity contribution is 5.83. The fourth-order valence-electron chi connectivity index (χ4n) is 3.68. The Bertz CT molecular complexity index is 1360. The number of nitrogens with one attached hydrogen (secondary N) is 2. The molecule has 2 aromatic heterocycles. The zero-order chi connectivity index (χ0) is 23.7. The van der Waals surface area contributed by atoms with Crippen molar-refractivity contribution in [3.63, 3.8) is 0 Å². The van der Waals surface area contributed by atoms with Gasteiger partial charge in [-0.1, -0.05) is 18.2 Å². The molecule has 0 spiro atoms. The normalized spacial score (nSPS) is 14.0. The lowest BCUT2D eigenvalue weighted by molar-refractivity contribution is -0.137. The number of aromatic nitrogens is 3. The minimum atomic E-state index is -4.39. The smallest absolute Gasteiger partial charge is 0.354 e. The standard InChI is InChI=1S/C25H21F3N6/c1-15-22-10-7-17(16-5-6-16)11-23(22)33-24(31-15)34-30-14-20-8-9-21(13-29-20)32-19-4-2-3-18(12-19)25(26,27)28/h2-4,7-14,16,32H,5-6H2,1H3,(H,31,33,34)/b30-14+. The summed E-state index contributed by atoms with van der Waals surface area (Å²) < 4.78 is 38.6. The van der Waals surface area contributed by atoms with Crippen molar-refractivity contribution in [3.8, 4) is 0 Å². The number of hydrogen-bond donors (Lipinski definition) is 2. The summed E-state index contributed by atoms with van der Waals surface area (Å²) in [4.78, 5) is 13.3. The van der Waals surface area contributed by atoms with Gasteiger partial charge in [-0.05, 0) is 67.6 Å². The first-order chi connectivity index (χ1) is 16.3. The molecule has 34 heavy (non-hydrogen) atoms. The van der Waals surface area contributed by atoms with Crippen molar-refractivity contribution in [1.29, 1.82) is 0 Å². The molecule has 2 N–H and O–H groups in total. The summed E-state index contributed by atoms with van der Waals surface area (Å²) in [6, 6.07) is 14.8. The topological polar surface area (TPSA) is 75.1 Å². The predicted molar refractivity (Wildman–Crippen MR) is 126 cm³/mol. The predicted octanol–water partition coefficient (Wildman–Crippen LogP) is 6.42. The van der Waals surface area contributed by atoms with Crippen molar-refractivity contribution in [2.24, 2.45) is 5.10 Å². The van der Waals surface area contributed by atoms with E-state index in [9.17, 15) is 13.2 Å². The van der Waals surface area contributed by atoms with Crippen LogP contribution in [0, 0.1) is 6.92 Å². The summed E-state index contributed by atoms with van der Waals surface area (Å²) in [5, 5.41) is 8.12. The Labute approximate surface area is 194 Å².